The Kier molecular flexibility index (Phi) is 5.88. The maximum absolute atomic E-state index is 12.9. The van der Waals surface area contributed by atoms with Gasteiger partial charge in [-0.3, -0.25) is 9.69 Å². The summed E-state index contributed by atoms with van der Waals surface area (Å²) in [6, 6.07) is 6.23. The molecule has 2 fully saturated rings. The summed E-state index contributed by atoms with van der Waals surface area (Å²) in [5.41, 5.74) is 2.73. The zero-order valence-electron chi connectivity index (χ0n) is 16.7. The van der Waals surface area contributed by atoms with Crippen LogP contribution in [0.15, 0.2) is 18.2 Å². The highest BCUT2D eigenvalue weighted by atomic mass is 16.5. The van der Waals surface area contributed by atoms with Gasteiger partial charge < -0.3 is 15.0 Å². The number of rotatable bonds is 5. The second-order valence-electron chi connectivity index (χ2n) is 8.32. The van der Waals surface area contributed by atoms with Crippen LogP contribution in [0.4, 0.5) is 0 Å². The summed E-state index contributed by atoms with van der Waals surface area (Å²) in [6.45, 7) is 8.48. The quantitative estimate of drug-likeness (QED) is 0.876. The predicted octanol–water partition coefficient (Wildman–Crippen LogP) is 2.21. The number of likely N-dealkylation sites (N-methyl/N-ethyl adjacent to an activating group) is 2. The Hall–Kier alpha value is -1.59. The molecule has 144 valence electrons. The van der Waals surface area contributed by atoms with Crippen molar-refractivity contribution in [3.63, 3.8) is 0 Å². The van der Waals surface area contributed by atoms with Crippen LogP contribution in [0.1, 0.15) is 30.4 Å². The molecule has 1 N–H and O–H groups in total. The largest absolute Gasteiger partial charge is 0.492 e. The van der Waals surface area contributed by atoms with Crippen molar-refractivity contribution in [1.82, 2.24) is 15.1 Å². The first-order valence-electron chi connectivity index (χ1n) is 9.76. The highest BCUT2D eigenvalue weighted by Gasteiger charge is 2.46. The van der Waals surface area contributed by atoms with Gasteiger partial charge in [0.05, 0.1) is 12.6 Å². The van der Waals surface area contributed by atoms with Gasteiger partial charge in [-0.2, -0.15) is 0 Å². The highest BCUT2D eigenvalue weighted by molar-refractivity contribution is 5.82. The van der Waals surface area contributed by atoms with Crippen LogP contribution in [0, 0.1) is 19.3 Å². The van der Waals surface area contributed by atoms with Gasteiger partial charge in [0.1, 0.15) is 12.4 Å². The molecule has 1 amide bonds. The molecule has 1 spiro atoms. The van der Waals surface area contributed by atoms with E-state index >= 15 is 0 Å². The van der Waals surface area contributed by atoms with E-state index < -0.39 is 0 Å². The second kappa shape index (κ2) is 7.97. The van der Waals surface area contributed by atoms with Crippen molar-refractivity contribution in [2.45, 2.75) is 39.2 Å². The number of amides is 1. The number of hydrogen-bond acceptors (Lipinski definition) is 4. The molecule has 1 atom stereocenters. The molecule has 1 unspecified atom stereocenters. The van der Waals surface area contributed by atoms with Gasteiger partial charge in [-0.1, -0.05) is 6.07 Å². The third-order valence-electron chi connectivity index (χ3n) is 5.96. The van der Waals surface area contributed by atoms with Gasteiger partial charge in [0.15, 0.2) is 0 Å². The molecule has 0 aliphatic carbocycles. The first-order chi connectivity index (χ1) is 12.4. The van der Waals surface area contributed by atoms with Crippen LogP contribution in [0.3, 0.4) is 0 Å². The Balaban J connectivity index is 1.51. The Morgan fingerprint density at radius 2 is 1.92 bits per heavy atom. The molecule has 2 saturated heterocycles. The Morgan fingerprint density at radius 3 is 2.58 bits per heavy atom. The van der Waals surface area contributed by atoms with Crippen LogP contribution in [0.25, 0.3) is 0 Å². The first-order valence-corrected chi connectivity index (χ1v) is 9.76. The average Bonchev–Trinajstić information content (AvgIpc) is 2.89. The summed E-state index contributed by atoms with van der Waals surface area (Å²) in [5.74, 6) is 1.11. The number of carbonyl (C=O) groups is 1. The summed E-state index contributed by atoms with van der Waals surface area (Å²) >= 11 is 0. The number of hydrogen-bond donors (Lipinski definition) is 1. The number of likely N-dealkylation sites (tertiary alicyclic amines) is 1. The Morgan fingerprint density at radius 1 is 1.27 bits per heavy atom. The zero-order valence-corrected chi connectivity index (χ0v) is 16.7. The molecule has 2 aliphatic rings. The molecular formula is C21H33N3O2. The monoisotopic (exact) mass is 359 g/mol. The van der Waals surface area contributed by atoms with Crippen molar-refractivity contribution in [2.24, 2.45) is 5.41 Å². The van der Waals surface area contributed by atoms with Crippen LogP contribution < -0.4 is 10.1 Å². The van der Waals surface area contributed by atoms with Crippen LogP contribution in [-0.2, 0) is 4.79 Å². The van der Waals surface area contributed by atoms with Gasteiger partial charge in [0, 0.05) is 13.6 Å². The summed E-state index contributed by atoms with van der Waals surface area (Å²) < 4.78 is 5.87. The molecule has 26 heavy (non-hydrogen) atoms. The fourth-order valence-electron chi connectivity index (χ4n) is 4.55. The number of benzene rings is 1. The lowest BCUT2D eigenvalue weighted by molar-refractivity contribution is -0.134. The van der Waals surface area contributed by atoms with E-state index in [1.165, 1.54) is 24.0 Å². The molecule has 5 heteroatoms. The third-order valence-corrected chi connectivity index (χ3v) is 5.96. The number of piperidine rings is 1. The molecule has 1 aromatic carbocycles. The van der Waals surface area contributed by atoms with Crippen LogP contribution in [0.5, 0.6) is 5.75 Å². The van der Waals surface area contributed by atoms with Gasteiger partial charge in [-0.05, 0) is 81.9 Å². The van der Waals surface area contributed by atoms with Gasteiger partial charge in [0.2, 0.25) is 5.91 Å². The minimum absolute atomic E-state index is 0.0133. The molecule has 0 bridgehead atoms. The molecule has 1 aromatic rings. The smallest absolute Gasteiger partial charge is 0.239 e. The Bertz CT molecular complexity index is 620. The number of nitrogens with one attached hydrogen (secondary N) is 1. The molecule has 3 rings (SSSR count). The fourth-order valence-corrected chi connectivity index (χ4v) is 4.55. The maximum Gasteiger partial charge on any atom is 0.239 e. The summed E-state index contributed by atoms with van der Waals surface area (Å²) in [5, 5.41) is 3.44. The Labute approximate surface area is 157 Å². The average molecular weight is 360 g/mol. The topological polar surface area (TPSA) is 44.8 Å². The van der Waals surface area contributed by atoms with Crippen molar-refractivity contribution < 1.29 is 9.53 Å². The van der Waals surface area contributed by atoms with Crippen molar-refractivity contribution >= 4 is 5.91 Å². The van der Waals surface area contributed by atoms with E-state index in [1.54, 1.807) is 0 Å². The van der Waals surface area contributed by atoms with Gasteiger partial charge in [0.25, 0.3) is 0 Å². The molecule has 0 saturated carbocycles. The fraction of sp³-hybridized carbons (Fsp3) is 0.667. The lowest BCUT2D eigenvalue weighted by atomic mass is 9.77. The van der Waals surface area contributed by atoms with E-state index in [2.05, 4.69) is 37.2 Å². The number of aryl methyl sites for hydroxylation is 2. The molecule has 0 aromatic heterocycles. The van der Waals surface area contributed by atoms with E-state index in [9.17, 15) is 4.79 Å². The lowest BCUT2D eigenvalue weighted by Crippen LogP contribution is -2.43. The van der Waals surface area contributed by atoms with Crippen molar-refractivity contribution in [1.29, 1.82) is 0 Å². The van der Waals surface area contributed by atoms with Gasteiger partial charge >= 0.3 is 0 Å². The number of nitrogens with zero attached hydrogens (tertiary/aromatic N) is 2. The van der Waals surface area contributed by atoms with Crippen LogP contribution in [-0.4, -0.2) is 68.6 Å². The molecular weight excluding hydrogens is 326 g/mol. The second-order valence-corrected chi connectivity index (χ2v) is 8.32. The minimum Gasteiger partial charge on any atom is -0.492 e. The van der Waals surface area contributed by atoms with Crippen molar-refractivity contribution in [3.8, 4) is 5.75 Å². The molecule has 0 radical (unpaired) electrons. The number of ether oxygens (including phenoxy) is 1. The molecule has 5 nitrogen and oxygen atoms in total. The standard InChI is InChI=1S/C21H33N3O2/c1-16-11-17(2)13-18(12-16)26-10-9-23(3)20(25)19-14-21(15-24(19)4)5-7-22-8-6-21/h11-13,19,22H,5-10,14-15H2,1-4H3. The predicted molar refractivity (Wildman–Crippen MR) is 105 cm³/mol. The lowest BCUT2D eigenvalue weighted by Gasteiger charge is -2.33. The van der Waals surface area contributed by atoms with Crippen molar-refractivity contribution in [2.75, 3.05) is 46.9 Å². The van der Waals surface area contributed by atoms with Gasteiger partial charge in [-0.15, -0.1) is 0 Å². The normalized spacial score (nSPS) is 22.5. The first kappa shape index (κ1) is 19.2. The molecule has 2 aliphatic heterocycles. The highest BCUT2D eigenvalue weighted by Crippen LogP contribution is 2.41. The third kappa shape index (κ3) is 4.38. The van der Waals surface area contributed by atoms with E-state index in [0.717, 1.165) is 31.8 Å². The maximum atomic E-state index is 12.9. The van der Waals surface area contributed by atoms with Gasteiger partial charge in [-0.25, -0.2) is 0 Å². The van der Waals surface area contributed by atoms with E-state index in [4.69, 9.17) is 4.74 Å². The summed E-state index contributed by atoms with van der Waals surface area (Å²) in [6.07, 6.45) is 3.35. The van der Waals surface area contributed by atoms with E-state index in [-0.39, 0.29) is 11.9 Å². The zero-order chi connectivity index (χ0) is 18.7. The van der Waals surface area contributed by atoms with E-state index in [0.29, 0.717) is 18.6 Å². The van der Waals surface area contributed by atoms with Crippen LogP contribution in [0.2, 0.25) is 0 Å². The molecule has 2 heterocycles. The van der Waals surface area contributed by atoms with Crippen LogP contribution >= 0.6 is 0 Å². The summed E-state index contributed by atoms with van der Waals surface area (Å²) in [7, 11) is 3.99. The van der Waals surface area contributed by atoms with Crippen molar-refractivity contribution in [3.05, 3.63) is 29.3 Å². The SMILES string of the molecule is Cc1cc(C)cc(OCCN(C)C(=O)C2CC3(CCNCC3)CN2C)c1. The number of carbonyl (C=O) groups excluding carboxylic acids is 1. The minimum atomic E-state index is 0.0133. The van der Waals surface area contributed by atoms with E-state index in [1.807, 2.05) is 24.1 Å². The summed E-state index contributed by atoms with van der Waals surface area (Å²) in [4.78, 5) is 17.0.